The van der Waals surface area contributed by atoms with E-state index in [-0.39, 0.29) is 23.4 Å². The van der Waals surface area contributed by atoms with Gasteiger partial charge in [0.05, 0.1) is 16.4 Å². The van der Waals surface area contributed by atoms with Gasteiger partial charge in [-0.1, -0.05) is 30.3 Å². The molecule has 0 fully saturated rings. The number of aryl methyl sites for hydroxylation is 1. The predicted octanol–water partition coefficient (Wildman–Crippen LogP) is 2.68. The highest BCUT2D eigenvalue weighted by Gasteiger charge is 2.18. The smallest absolute Gasteiger partial charge is 0.348 e. The molecular formula is C17H15N3O3S. The van der Waals surface area contributed by atoms with Gasteiger partial charge in [-0.25, -0.2) is 9.78 Å². The summed E-state index contributed by atoms with van der Waals surface area (Å²) < 4.78 is 5.02. The van der Waals surface area contributed by atoms with Crippen molar-refractivity contribution in [3.05, 3.63) is 68.5 Å². The van der Waals surface area contributed by atoms with Gasteiger partial charge >= 0.3 is 5.63 Å². The van der Waals surface area contributed by atoms with Gasteiger partial charge in [0.1, 0.15) is 17.1 Å². The van der Waals surface area contributed by atoms with E-state index in [0.717, 1.165) is 16.3 Å². The third kappa shape index (κ3) is 3.21. The second kappa shape index (κ2) is 6.67. The largest absolute Gasteiger partial charge is 0.507 e. The van der Waals surface area contributed by atoms with E-state index in [9.17, 15) is 9.90 Å². The number of thiazole rings is 1. The zero-order chi connectivity index (χ0) is 17.1. The Morgan fingerprint density at radius 2 is 2.12 bits per heavy atom. The van der Waals surface area contributed by atoms with Crippen molar-refractivity contribution >= 4 is 17.0 Å². The van der Waals surface area contributed by atoms with Crippen molar-refractivity contribution < 1.29 is 9.52 Å². The molecule has 24 heavy (non-hydrogen) atoms. The van der Waals surface area contributed by atoms with E-state index in [4.69, 9.17) is 10.3 Å². The molecule has 0 spiro atoms. The molecule has 0 aliphatic carbocycles. The number of hydrogen-bond donors (Lipinski definition) is 2. The topological polar surface area (TPSA) is 102 Å². The van der Waals surface area contributed by atoms with Crippen LogP contribution in [0.4, 0.5) is 0 Å². The lowest BCUT2D eigenvalue weighted by Crippen LogP contribution is -2.19. The van der Waals surface area contributed by atoms with Gasteiger partial charge in [0.15, 0.2) is 0 Å². The summed E-state index contributed by atoms with van der Waals surface area (Å²) in [6, 6.07) is 11.1. The van der Waals surface area contributed by atoms with Gasteiger partial charge in [0.2, 0.25) is 0 Å². The van der Waals surface area contributed by atoms with Crippen LogP contribution in [0.3, 0.4) is 0 Å². The van der Waals surface area contributed by atoms with Crippen molar-refractivity contribution in [3.63, 3.8) is 0 Å². The third-order valence-corrected chi connectivity index (χ3v) is 4.29. The molecule has 1 aromatic carbocycles. The number of benzene rings is 1. The average molecular weight is 341 g/mol. The summed E-state index contributed by atoms with van der Waals surface area (Å²) in [6.45, 7) is 1.58. The van der Waals surface area contributed by atoms with Crippen LogP contribution in [0.2, 0.25) is 0 Å². The van der Waals surface area contributed by atoms with Crippen molar-refractivity contribution in [2.45, 2.75) is 13.3 Å². The van der Waals surface area contributed by atoms with Crippen LogP contribution in [0.5, 0.6) is 5.75 Å². The Kier molecular flexibility index (Phi) is 4.43. The Morgan fingerprint density at radius 3 is 2.79 bits per heavy atom. The van der Waals surface area contributed by atoms with Crippen LogP contribution in [0.25, 0.3) is 11.3 Å². The molecule has 0 atom stereocenters. The standard InChI is InChI=1S/C17H15N3O3S/c1-10-7-14(21)16(17(22)23-10)12(20-18)8-15-19-13(9-24-15)11-5-3-2-4-6-11/h2-7,9,21H,8,18H2,1H3. The van der Waals surface area contributed by atoms with Crippen molar-refractivity contribution in [1.29, 1.82) is 0 Å². The first kappa shape index (κ1) is 15.9. The molecule has 3 N–H and O–H groups in total. The zero-order valence-corrected chi connectivity index (χ0v) is 13.7. The maximum atomic E-state index is 12.0. The number of hydrogen-bond acceptors (Lipinski definition) is 7. The van der Waals surface area contributed by atoms with Gasteiger partial charge in [-0.3, -0.25) is 0 Å². The minimum atomic E-state index is -0.670. The fourth-order valence-corrected chi connectivity index (χ4v) is 3.14. The lowest BCUT2D eigenvalue weighted by Gasteiger charge is -2.05. The average Bonchev–Trinajstić information content (AvgIpc) is 3.02. The summed E-state index contributed by atoms with van der Waals surface area (Å²) in [5.41, 5.74) is 1.38. The molecule has 2 heterocycles. The van der Waals surface area contributed by atoms with E-state index >= 15 is 0 Å². The van der Waals surface area contributed by atoms with Crippen molar-refractivity contribution in [2.24, 2.45) is 10.9 Å². The van der Waals surface area contributed by atoms with E-state index in [1.807, 2.05) is 35.7 Å². The first-order valence-corrected chi connectivity index (χ1v) is 8.07. The summed E-state index contributed by atoms with van der Waals surface area (Å²) in [5, 5.41) is 16.3. The monoisotopic (exact) mass is 341 g/mol. The maximum absolute atomic E-state index is 12.0. The van der Waals surface area contributed by atoms with Crippen LogP contribution in [0.15, 0.2) is 56.1 Å². The number of aromatic nitrogens is 1. The Bertz CT molecular complexity index is 945. The number of rotatable bonds is 4. The normalized spacial score (nSPS) is 11.6. The van der Waals surface area contributed by atoms with E-state index in [1.165, 1.54) is 17.4 Å². The van der Waals surface area contributed by atoms with E-state index < -0.39 is 5.63 Å². The lowest BCUT2D eigenvalue weighted by atomic mass is 10.1. The first-order valence-electron chi connectivity index (χ1n) is 7.19. The quantitative estimate of drug-likeness (QED) is 0.431. The Hall–Kier alpha value is -2.93. The van der Waals surface area contributed by atoms with Crippen molar-refractivity contribution in [2.75, 3.05) is 0 Å². The minimum Gasteiger partial charge on any atom is -0.507 e. The molecule has 0 saturated heterocycles. The second-order valence-electron chi connectivity index (χ2n) is 5.15. The van der Waals surface area contributed by atoms with Gasteiger partial charge in [-0.05, 0) is 6.92 Å². The number of nitrogens with zero attached hydrogens (tertiary/aromatic N) is 2. The highest BCUT2D eigenvalue weighted by Crippen LogP contribution is 2.23. The number of aromatic hydroxyl groups is 1. The molecule has 0 aliphatic rings. The van der Waals surface area contributed by atoms with Gasteiger partial charge in [-0.2, -0.15) is 5.10 Å². The molecule has 0 saturated carbocycles. The highest BCUT2D eigenvalue weighted by molar-refractivity contribution is 7.10. The summed E-state index contributed by atoms with van der Waals surface area (Å²) in [5.74, 6) is 5.54. The molecule has 2 aromatic heterocycles. The maximum Gasteiger partial charge on any atom is 0.348 e. The molecule has 6 nitrogen and oxygen atoms in total. The molecule has 0 aliphatic heterocycles. The number of nitrogens with two attached hydrogens (primary N) is 1. The fraction of sp³-hybridized carbons (Fsp3) is 0.118. The molecular weight excluding hydrogens is 326 g/mol. The van der Waals surface area contributed by atoms with E-state index in [0.29, 0.717) is 5.76 Å². The van der Waals surface area contributed by atoms with Crippen molar-refractivity contribution in [1.82, 2.24) is 4.98 Å². The molecule has 0 bridgehead atoms. The molecule has 0 radical (unpaired) electrons. The number of hydrazone groups is 1. The van der Waals surface area contributed by atoms with Crippen LogP contribution in [0, 0.1) is 6.92 Å². The van der Waals surface area contributed by atoms with Gasteiger partial charge in [-0.15, -0.1) is 11.3 Å². The van der Waals surface area contributed by atoms with E-state index in [1.54, 1.807) is 6.92 Å². The molecule has 0 unspecified atom stereocenters. The fourth-order valence-electron chi connectivity index (χ4n) is 2.34. The Labute approximate surface area is 141 Å². The lowest BCUT2D eigenvalue weighted by molar-refractivity contribution is 0.432. The predicted molar refractivity (Wildman–Crippen MR) is 93.4 cm³/mol. The SMILES string of the molecule is Cc1cc(O)c(C(Cc2nc(-c3ccccc3)cs2)=NN)c(=O)o1. The van der Waals surface area contributed by atoms with Crippen LogP contribution in [-0.2, 0) is 6.42 Å². The molecule has 3 rings (SSSR count). The van der Waals surface area contributed by atoms with Crippen molar-refractivity contribution in [3.8, 4) is 17.0 Å². The van der Waals surface area contributed by atoms with Crippen LogP contribution in [-0.4, -0.2) is 15.8 Å². The molecule has 0 amide bonds. The van der Waals surface area contributed by atoms with Gasteiger partial charge < -0.3 is 15.4 Å². The summed E-state index contributed by atoms with van der Waals surface area (Å²) in [6.07, 6.45) is 0.232. The highest BCUT2D eigenvalue weighted by atomic mass is 32.1. The third-order valence-electron chi connectivity index (χ3n) is 3.44. The summed E-state index contributed by atoms with van der Waals surface area (Å²) in [7, 11) is 0. The van der Waals surface area contributed by atoms with Crippen LogP contribution < -0.4 is 11.5 Å². The minimum absolute atomic E-state index is 0.0282. The second-order valence-corrected chi connectivity index (χ2v) is 6.09. The molecule has 122 valence electrons. The van der Waals surface area contributed by atoms with Gasteiger partial charge in [0, 0.05) is 23.4 Å². The molecule has 3 aromatic rings. The Morgan fingerprint density at radius 1 is 1.38 bits per heavy atom. The first-order chi connectivity index (χ1) is 11.6. The van der Waals surface area contributed by atoms with Crippen LogP contribution >= 0.6 is 11.3 Å². The Balaban J connectivity index is 1.91. The van der Waals surface area contributed by atoms with Crippen LogP contribution in [0.1, 0.15) is 16.3 Å². The van der Waals surface area contributed by atoms with E-state index in [2.05, 4.69) is 10.1 Å². The summed E-state index contributed by atoms with van der Waals surface area (Å²) >= 11 is 1.44. The van der Waals surface area contributed by atoms with Gasteiger partial charge in [0.25, 0.3) is 0 Å². The zero-order valence-electron chi connectivity index (χ0n) is 12.9. The summed E-state index contributed by atoms with van der Waals surface area (Å²) in [4.78, 5) is 16.5. The molecule has 7 heteroatoms.